The fourth-order valence-corrected chi connectivity index (χ4v) is 2.92. The smallest absolute Gasteiger partial charge is 0.305 e. The van der Waals surface area contributed by atoms with Gasteiger partial charge in [0, 0.05) is 18.2 Å². The molecule has 0 N–H and O–H groups in total. The monoisotopic (exact) mass is 274 g/mol. The first kappa shape index (κ1) is 13.3. The van der Waals surface area contributed by atoms with Crippen molar-refractivity contribution >= 4 is 16.2 Å². The van der Waals surface area contributed by atoms with E-state index in [1.165, 1.54) is 4.80 Å². The summed E-state index contributed by atoms with van der Waals surface area (Å²) in [6.07, 6.45) is 0.347. The average Bonchev–Trinajstić information content (AvgIpc) is 2.79. The zero-order chi connectivity index (χ0) is 13.5. The highest BCUT2D eigenvalue weighted by atomic mass is 32.2. The summed E-state index contributed by atoms with van der Waals surface area (Å²) in [6.45, 7) is 5.24. The van der Waals surface area contributed by atoms with Gasteiger partial charge < -0.3 is 9.39 Å². The van der Waals surface area contributed by atoms with Crippen LogP contribution in [0.3, 0.4) is 0 Å². The molecular weight excluding hydrogens is 259 g/mol. The van der Waals surface area contributed by atoms with Gasteiger partial charge in [-0.1, -0.05) is 0 Å². The molecule has 0 aromatic carbocycles. The Morgan fingerprint density at radius 3 is 2.61 bits per heavy atom. The number of alkyl halides is 1. The lowest BCUT2D eigenvalue weighted by Crippen LogP contribution is -2.25. The van der Waals surface area contributed by atoms with Crippen LogP contribution in [0.1, 0.15) is 37.2 Å². The van der Waals surface area contributed by atoms with Gasteiger partial charge in [0.2, 0.25) is 0 Å². The van der Waals surface area contributed by atoms with E-state index in [1.54, 1.807) is 14.0 Å². The Bertz CT molecular complexity index is 488. The lowest BCUT2D eigenvalue weighted by Gasteiger charge is -2.14. The van der Waals surface area contributed by atoms with Gasteiger partial charge in [-0.05, 0) is 25.9 Å². The molecule has 1 aromatic heterocycles. The van der Waals surface area contributed by atoms with E-state index in [0.29, 0.717) is 12.1 Å². The number of aromatic nitrogens is 3. The fourth-order valence-electron chi connectivity index (χ4n) is 1.66. The van der Waals surface area contributed by atoms with Gasteiger partial charge in [0.05, 0.1) is 12.1 Å². The van der Waals surface area contributed by atoms with Gasteiger partial charge in [0.1, 0.15) is 5.60 Å². The Kier molecular flexibility index (Phi) is 3.33. The number of aryl methyl sites for hydroxylation is 2. The van der Waals surface area contributed by atoms with Crippen molar-refractivity contribution < 1.29 is 13.8 Å². The minimum absolute atomic E-state index is 0.0863. The van der Waals surface area contributed by atoms with E-state index in [9.17, 15) is 8.94 Å². The van der Waals surface area contributed by atoms with Crippen molar-refractivity contribution in [3.63, 3.8) is 0 Å². The number of hydrogen-bond donors (Lipinski definition) is 0. The summed E-state index contributed by atoms with van der Waals surface area (Å²) in [5.41, 5.74) is -1.74. The summed E-state index contributed by atoms with van der Waals surface area (Å²) in [5, 5.41) is 11.7. The number of hydrogen-bond acceptors (Lipinski definition) is 5. The SMILES string of the molecule is Cc1nn(C)nc1C(F)[S+]([O-])C1=NOC(C)(C)C1. The minimum Gasteiger partial charge on any atom is -0.608 e. The van der Waals surface area contributed by atoms with Crippen molar-refractivity contribution in [2.75, 3.05) is 0 Å². The number of nitrogens with zero attached hydrogens (tertiary/aromatic N) is 4. The van der Waals surface area contributed by atoms with Crippen molar-refractivity contribution in [3.8, 4) is 0 Å². The second kappa shape index (κ2) is 4.51. The van der Waals surface area contributed by atoms with E-state index in [2.05, 4.69) is 15.4 Å². The molecule has 2 heterocycles. The molecule has 0 bridgehead atoms. The molecule has 0 saturated carbocycles. The van der Waals surface area contributed by atoms with Crippen LogP contribution in [-0.4, -0.2) is 30.2 Å². The molecular formula is C10H15FN4O2S. The third kappa shape index (κ3) is 2.49. The van der Waals surface area contributed by atoms with Gasteiger partial charge in [-0.2, -0.15) is 14.3 Å². The minimum atomic E-state index is -1.89. The van der Waals surface area contributed by atoms with Crippen LogP contribution < -0.4 is 0 Å². The van der Waals surface area contributed by atoms with E-state index in [-0.39, 0.29) is 10.7 Å². The third-order valence-electron chi connectivity index (χ3n) is 2.52. The standard InChI is InChI=1S/C10H15FN4O2S/c1-6-8(13-15(4)12-6)9(11)18(16)7-5-10(2,3)17-14-7/h9H,5H2,1-4H3. The molecule has 2 unspecified atom stereocenters. The molecule has 0 aliphatic carbocycles. The second-order valence-electron chi connectivity index (χ2n) is 4.79. The summed E-state index contributed by atoms with van der Waals surface area (Å²) in [5.74, 6) is 0. The van der Waals surface area contributed by atoms with Crippen molar-refractivity contribution in [2.24, 2.45) is 12.2 Å². The molecule has 1 aliphatic rings. The predicted molar refractivity (Wildman–Crippen MR) is 64.9 cm³/mol. The summed E-state index contributed by atoms with van der Waals surface area (Å²) < 4.78 is 26.2. The molecule has 0 saturated heterocycles. The molecule has 0 fully saturated rings. The largest absolute Gasteiger partial charge is 0.608 e. The first-order chi connectivity index (χ1) is 8.30. The van der Waals surface area contributed by atoms with E-state index >= 15 is 0 Å². The summed E-state index contributed by atoms with van der Waals surface area (Å²) >= 11 is -1.89. The van der Waals surface area contributed by atoms with Gasteiger partial charge >= 0.3 is 5.50 Å². The highest BCUT2D eigenvalue weighted by molar-refractivity contribution is 8.06. The normalized spacial score (nSPS) is 21.3. The quantitative estimate of drug-likeness (QED) is 0.763. The Balaban J connectivity index is 2.15. The Labute approximate surface area is 107 Å². The lowest BCUT2D eigenvalue weighted by atomic mass is 10.1. The lowest BCUT2D eigenvalue weighted by molar-refractivity contribution is 0.0123. The molecule has 18 heavy (non-hydrogen) atoms. The van der Waals surface area contributed by atoms with E-state index in [0.717, 1.165) is 0 Å². The van der Waals surface area contributed by atoms with Gasteiger partial charge in [-0.15, -0.1) is 5.10 Å². The molecule has 100 valence electrons. The molecule has 0 radical (unpaired) electrons. The predicted octanol–water partition coefficient (Wildman–Crippen LogP) is 1.35. The zero-order valence-electron chi connectivity index (χ0n) is 10.7. The van der Waals surface area contributed by atoms with E-state index < -0.39 is 22.3 Å². The van der Waals surface area contributed by atoms with Crippen molar-refractivity contribution in [1.82, 2.24) is 15.0 Å². The van der Waals surface area contributed by atoms with E-state index in [1.807, 2.05) is 13.8 Å². The molecule has 2 atom stereocenters. The van der Waals surface area contributed by atoms with Crippen LogP contribution >= 0.6 is 0 Å². The van der Waals surface area contributed by atoms with Crippen LogP contribution in [-0.2, 0) is 23.1 Å². The molecule has 1 aromatic rings. The molecule has 8 heteroatoms. The van der Waals surface area contributed by atoms with Crippen LogP contribution in [0.4, 0.5) is 4.39 Å². The highest BCUT2D eigenvalue weighted by Crippen LogP contribution is 2.32. The van der Waals surface area contributed by atoms with Crippen LogP contribution in [0.5, 0.6) is 0 Å². The molecule has 1 aliphatic heterocycles. The Hall–Kier alpha value is -1.15. The van der Waals surface area contributed by atoms with Crippen LogP contribution in [0.2, 0.25) is 0 Å². The van der Waals surface area contributed by atoms with Crippen molar-refractivity contribution in [1.29, 1.82) is 0 Å². The highest BCUT2D eigenvalue weighted by Gasteiger charge is 2.41. The maximum atomic E-state index is 14.2. The van der Waals surface area contributed by atoms with E-state index in [4.69, 9.17) is 4.84 Å². The first-order valence-electron chi connectivity index (χ1n) is 5.48. The maximum absolute atomic E-state index is 14.2. The molecule has 2 rings (SSSR count). The van der Waals surface area contributed by atoms with Crippen LogP contribution in [0, 0.1) is 6.92 Å². The van der Waals surface area contributed by atoms with Crippen molar-refractivity contribution in [2.45, 2.75) is 38.3 Å². The number of rotatable bonds is 2. The average molecular weight is 274 g/mol. The summed E-state index contributed by atoms with van der Waals surface area (Å²) in [6, 6.07) is 0. The van der Waals surface area contributed by atoms with Crippen LogP contribution in [0.15, 0.2) is 5.16 Å². The van der Waals surface area contributed by atoms with Crippen molar-refractivity contribution in [3.05, 3.63) is 11.4 Å². The zero-order valence-corrected chi connectivity index (χ0v) is 11.5. The summed E-state index contributed by atoms with van der Waals surface area (Å²) in [4.78, 5) is 6.34. The molecule has 0 amide bonds. The second-order valence-corrected chi connectivity index (χ2v) is 6.27. The first-order valence-corrected chi connectivity index (χ1v) is 6.69. The molecule has 0 spiro atoms. The Morgan fingerprint density at radius 2 is 2.17 bits per heavy atom. The Morgan fingerprint density at radius 1 is 1.50 bits per heavy atom. The van der Waals surface area contributed by atoms with Gasteiger partial charge in [-0.3, -0.25) is 0 Å². The van der Waals surface area contributed by atoms with Crippen LogP contribution in [0.25, 0.3) is 0 Å². The van der Waals surface area contributed by atoms with Gasteiger partial charge in [0.15, 0.2) is 5.69 Å². The molecule has 6 nitrogen and oxygen atoms in total. The third-order valence-corrected chi connectivity index (χ3v) is 3.81. The number of oxime groups is 1. The number of halogens is 1. The summed E-state index contributed by atoms with van der Waals surface area (Å²) in [7, 11) is 1.59. The fraction of sp³-hybridized carbons (Fsp3) is 0.700. The van der Waals surface area contributed by atoms with Gasteiger partial charge in [-0.25, -0.2) is 0 Å². The topological polar surface area (TPSA) is 75.4 Å². The maximum Gasteiger partial charge on any atom is 0.305 e. The van der Waals surface area contributed by atoms with Gasteiger partial charge in [0.25, 0.3) is 5.04 Å².